The Bertz CT molecular complexity index is 322. The van der Waals surface area contributed by atoms with Crippen LogP contribution in [0.4, 0.5) is 0 Å². The van der Waals surface area contributed by atoms with Crippen molar-refractivity contribution in [3.8, 4) is 0 Å². The van der Waals surface area contributed by atoms with Gasteiger partial charge < -0.3 is 10.1 Å². The van der Waals surface area contributed by atoms with Crippen molar-refractivity contribution in [3.63, 3.8) is 0 Å². The molecule has 1 aromatic carbocycles. The first kappa shape index (κ1) is 14.2. The molecule has 0 aliphatic carbocycles. The van der Waals surface area contributed by atoms with Crippen molar-refractivity contribution in [1.29, 1.82) is 0 Å². The Morgan fingerprint density at radius 1 is 1.24 bits per heavy atom. The van der Waals surface area contributed by atoms with E-state index in [1.54, 1.807) is 7.11 Å². The quantitative estimate of drug-likeness (QED) is 0.784. The van der Waals surface area contributed by atoms with Crippen LogP contribution in [0.15, 0.2) is 24.3 Å². The van der Waals surface area contributed by atoms with Gasteiger partial charge in [-0.15, -0.1) is 0 Å². The molecule has 0 fully saturated rings. The van der Waals surface area contributed by atoms with Gasteiger partial charge in [-0.05, 0) is 30.4 Å². The van der Waals surface area contributed by atoms with Gasteiger partial charge in [-0.1, -0.05) is 38.1 Å². The van der Waals surface area contributed by atoms with E-state index >= 15 is 0 Å². The van der Waals surface area contributed by atoms with E-state index in [1.807, 2.05) is 0 Å². The highest BCUT2D eigenvalue weighted by molar-refractivity contribution is 5.25. The van der Waals surface area contributed by atoms with Gasteiger partial charge in [0.15, 0.2) is 0 Å². The normalized spacial score (nSPS) is 13.0. The van der Waals surface area contributed by atoms with Crippen molar-refractivity contribution < 1.29 is 4.74 Å². The molecule has 96 valence electrons. The predicted molar refractivity (Wildman–Crippen MR) is 73.4 cm³/mol. The highest BCUT2D eigenvalue weighted by atomic mass is 16.5. The minimum Gasteiger partial charge on any atom is -0.384 e. The van der Waals surface area contributed by atoms with Crippen molar-refractivity contribution in [2.45, 2.75) is 33.2 Å². The van der Waals surface area contributed by atoms with Gasteiger partial charge >= 0.3 is 0 Å². The number of methoxy groups -OCH3 is 1. The van der Waals surface area contributed by atoms with Crippen LogP contribution in [0.25, 0.3) is 0 Å². The molecule has 1 unspecified atom stereocenters. The maximum Gasteiger partial charge on any atom is 0.0505 e. The Morgan fingerprint density at radius 3 is 2.53 bits per heavy atom. The molecule has 0 aliphatic heterocycles. The van der Waals surface area contributed by atoms with Crippen LogP contribution in [0.2, 0.25) is 0 Å². The summed E-state index contributed by atoms with van der Waals surface area (Å²) in [5.74, 6) is 0.545. The fourth-order valence-corrected chi connectivity index (χ4v) is 1.98. The van der Waals surface area contributed by atoms with Crippen molar-refractivity contribution in [3.05, 3.63) is 35.4 Å². The molecule has 0 saturated heterocycles. The van der Waals surface area contributed by atoms with Crippen molar-refractivity contribution in [2.75, 3.05) is 20.3 Å². The van der Waals surface area contributed by atoms with Crippen LogP contribution in [0.5, 0.6) is 0 Å². The second kappa shape index (κ2) is 7.46. The molecule has 0 radical (unpaired) electrons. The van der Waals surface area contributed by atoms with Gasteiger partial charge in [-0.25, -0.2) is 0 Å². The van der Waals surface area contributed by atoms with E-state index in [-0.39, 0.29) is 0 Å². The second-order valence-corrected chi connectivity index (χ2v) is 5.01. The predicted octanol–water partition coefficient (Wildman–Crippen LogP) is 2.80. The van der Waals surface area contributed by atoms with Crippen LogP contribution in [-0.2, 0) is 11.2 Å². The summed E-state index contributed by atoms with van der Waals surface area (Å²) in [4.78, 5) is 0. The molecule has 0 heterocycles. The minimum atomic E-state index is 0.534. The van der Waals surface area contributed by atoms with Gasteiger partial charge in [0.1, 0.15) is 0 Å². The minimum absolute atomic E-state index is 0.534. The lowest BCUT2D eigenvalue weighted by molar-refractivity contribution is 0.149. The molecule has 0 saturated carbocycles. The monoisotopic (exact) mass is 235 g/mol. The third-order valence-electron chi connectivity index (χ3n) is 2.99. The Balaban J connectivity index is 2.56. The molecular weight excluding hydrogens is 210 g/mol. The van der Waals surface area contributed by atoms with Gasteiger partial charge in [0.05, 0.1) is 6.61 Å². The first-order chi connectivity index (χ1) is 8.13. The van der Waals surface area contributed by atoms with Crippen LogP contribution in [0, 0.1) is 12.8 Å². The number of hydrogen-bond acceptors (Lipinski definition) is 2. The van der Waals surface area contributed by atoms with Crippen LogP contribution >= 0.6 is 0 Å². The lowest BCUT2D eigenvalue weighted by Gasteiger charge is -2.19. The zero-order valence-electron chi connectivity index (χ0n) is 11.5. The zero-order valence-corrected chi connectivity index (χ0v) is 11.5. The average molecular weight is 235 g/mol. The van der Waals surface area contributed by atoms with Crippen LogP contribution < -0.4 is 5.32 Å². The first-order valence-electron chi connectivity index (χ1n) is 6.40. The van der Waals surface area contributed by atoms with Gasteiger partial charge in [0.2, 0.25) is 0 Å². The smallest absolute Gasteiger partial charge is 0.0505 e. The summed E-state index contributed by atoms with van der Waals surface area (Å²) >= 11 is 0. The van der Waals surface area contributed by atoms with Crippen LogP contribution in [0.3, 0.4) is 0 Å². The van der Waals surface area contributed by atoms with Crippen molar-refractivity contribution in [1.82, 2.24) is 5.32 Å². The number of ether oxygens (including phenoxy) is 1. The first-order valence-corrected chi connectivity index (χ1v) is 6.40. The molecule has 0 aliphatic rings. The molecule has 0 amide bonds. The summed E-state index contributed by atoms with van der Waals surface area (Å²) < 4.78 is 5.31. The Morgan fingerprint density at radius 2 is 1.94 bits per heavy atom. The van der Waals surface area contributed by atoms with E-state index in [1.165, 1.54) is 11.1 Å². The van der Waals surface area contributed by atoms with E-state index in [2.05, 4.69) is 50.4 Å². The lowest BCUT2D eigenvalue weighted by Crippen LogP contribution is -2.32. The summed E-state index contributed by atoms with van der Waals surface area (Å²) in [5.41, 5.74) is 2.80. The molecular formula is C15H25NO. The van der Waals surface area contributed by atoms with E-state index in [9.17, 15) is 0 Å². The molecule has 1 rings (SSSR count). The fraction of sp³-hybridized carbons (Fsp3) is 0.600. The largest absolute Gasteiger partial charge is 0.384 e. The summed E-state index contributed by atoms with van der Waals surface area (Å²) in [5, 5.41) is 3.49. The third-order valence-corrected chi connectivity index (χ3v) is 2.99. The molecule has 0 spiro atoms. The highest BCUT2D eigenvalue weighted by Gasteiger charge is 2.11. The van der Waals surface area contributed by atoms with E-state index < -0.39 is 0 Å². The number of hydrogen-bond donors (Lipinski definition) is 1. The number of benzene rings is 1. The number of nitrogens with one attached hydrogen (secondary N) is 1. The van der Waals surface area contributed by atoms with Gasteiger partial charge in [0.25, 0.3) is 0 Å². The molecule has 2 nitrogen and oxygen atoms in total. The van der Waals surface area contributed by atoms with Gasteiger partial charge in [-0.2, -0.15) is 0 Å². The van der Waals surface area contributed by atoms with Gasteiger partial charge in [0, 0.05) is 19.7 Å². The number of rotatable bonds is 7. The molecule has 0 bridgehead atoms. The van der Waals surface area contributed by atoms with Crippen molar-refractivity contribution >= 4 is 0 Å². The van der Waals surface area contributed by atoms with Gasteiger partial charge in [-0.3, -0.25) is 0 Å². The molecule has 17 heavy (non-hydrogen) atoms. The zero-order chi connectivity index (χ0) is 12.7. The Kier molecular flexibility index (Phi) is 6.23. The Labute approximate surface area is 105 Å². The maximum atomic E-state index is 5.31. The van der Waals surface area contributed by atoms with Crippen LogP contribution in [-0.4, -0.2) is 26.3 Å². The third kappa shape index (κ3) is 5.33. The molecule has 0 aromatic heterocycles. The van der Waals surface area contributed by atoms with E-state index in [4.69, 9.17) is 4.74 Å². The molecule has 1 aromatic rings. The number of aryl methyl sites for hydroxylation is 1. The Hall–Kier alpha value is -0.860. The fourth-order valence-electron chi connectivity index (χ4n) is 1.98. The SMILES string of the molecule is COCC(CNC(C)C)Cc1ccccc1C. The summed E-state index contributed by atoms with van der Waals surface area (Å²) in [6, 6.07) is 9.13. The molecule has 1 N–H and O–H groups in total. The van der Waals surface area contributed by atoms with E-state index in [0.717, 1.165) is 19.6 Å². The molecule has 2 heteroatoms. The summed E-state index contributed by atoms with van der Waals surface area (Å²) in [6.45, 7) is 8.36. The summed E-state index contributed by atoms with van der Waals surface area (Å²) in [7, 11) is 1.78. The second-order valence-electron chi connectivity index (χ2n) is 5.01. The molecule has 1 atom stereocenters. The summed E-state index contributed by atoms with van der Waals surface area (Å²) in [6.07, 6.45) is 1.08. The maximum absolute atomic E-state index is 5.31. The van der Waals surface area contributed by atoms with Crippen molar-refractivity contribution in [2.24, 2.45) is 5.92 Å². The highest BCUT2D eigenvalue weighted by Crippen LogP contribution is 2.13. The standard InChI is InChI=1S/C15H25NO/c1-12(2)16-10-14(11-17-4)9-15-8-6-5-7-13(15)3/h5-8,12,14,16H,9-11H2,1-4H3. The average Bonchev–Trinajstić information content (AvgIpc) is 2.29. The van der Waals surface area contributed by atoms with Crippen LogP contribution in [0.1, 0.15) is 25.0 Å². The topological polar surface area (TPSA) is 21.3 Å². The lowest BCUT2D eigenvalue weighted by atomic mass is 9.96. The van der Waals surface area contributed by atoms with E-state index in [0.29, 0.717) is 12.0 Å².